The molecule has 0 rings (SSSR count). The Balaban J connectivity index is 3.13. The highest BCUT2D eigenvalue weighted by atomic mass is 16.7. The lowest BCUT2D eigenvalue weighted by atomic mass is 10.5. The van der Waals surface area contributed by atoms with E-state index in [0.717, 1.165) is 0 Å². The van der Waals surface area contributed by atoms with Crippen LogP contribution in [0.1, 0.15) is 6.92 Å². The number of carbonyl (C=O) groups excluding carboxylic acids is 1. The van der Waals surface area contributed by atoms with Crippen LogP contribution in [0.2, 0.25) is 0 Å². The van der Waals surface area contributed by atoms with E-state index in [4.69, 9.17) is 0 Å². The molecule has 0 aromatic rings. The predicted octanol–water partition coefficient (Wildman–Crippen LogP) is 0.776. The van der Waals surface area contributed by atoms with Crippen molar-refractivity contribution in [2.24, 2.45) is 0 Å². The van der Waals surface area contributed by atoms with Gasteiger partial charge in [0, 0.05) is 0 Å². The Morgan fingerprint density at radius 1 is 1.86 bits per heavy atom. The molecule has 3 nitrogen and oxygen atoms in total. The topological polar surface area (TPSA) is 46.2 Å². The third-order valence-corrected chi connectivity index (χ3v) is 0.297. The first-order valence-electron chi connectivity index (χ1n) is 1.83. The molecule has 0 heterocycles. The van der Waals surface area contributed by atoms with Crippen molar-refractivity contribution in [2.75, 3.05) is 0 Å². The van der Waals surface area contributed by atoms with Crippen LogP contribution in [0.4, 0.5) is 4.79 Å². The van der Waals surface area contributed by atoms with Gasteiger partial charge in [-0.3, -0.25) is 0 Å². The van der Waals surface area contributed by atoms with Crippen molar-refractivity contribution in [2.45, 2.75) is 13.0 Å². The highest BCUT2D eigenvalue weighted by molar-refractivity contribution is 5.56. The van der Waals surface area contributed by atoms with Crippen LogP contribution in [0.25, 0.3) is 0 Å². The van der Waals surface area contributed by atoms with E-state index < -0.39 is 12.3 Å². The maximum atomic E-state index is 9.44. The molecule has 0 saturated heterocycles. The van der Waals surface area contributed by atoms with Crippen LogP contribution < -0.4 is 0 Å². The summed E-state index contributed by atoms with van der Waals surface area (Å²) in [6, 6.07) is 0. The average Bonchev–Trinajstić information content (AvgIpc) is 1.27. The number of hydrogen-bond donors (Lipinski definition) is 0. The summed E-state index contributed by atoms with van der Waals surface area (Å²) in [5.41, 5.74) is 0. The fourth-order valence-corrected chi connectivity index (χ4v) is 0.164. The molecular weight excluding hydrogens is 96.0 g/mol. The normalized spacial score (nSPS) is 9.00. The molecule has 1 atom stereocenters. The standard InChI is InChI=1S/C4H6O3/c1-3(2)7-4(5)6/h3H,1H2,2H3. The van der Waals surface area contributed by atoms with Gasteiger partial charge in [0.2, 0.25) is 0 Å². The minimum Gasteiger partial charge on any atom is -0.429 e. The molecule has 0 N–H and O–H groups in total. The van der Waals surface area contributed by atoms with Gasteiger partial charge in [-0.2, -0.15) is 9.90 Å². The molecule has 0 bridgehead atoms. The van der Waals surface area contributed by atoms with Crippen LogP contribution in [-0.2, 0) is 9.84 Å². The molecule has 0 aliphatic carbocycles. The molecule has 0 aromatic heterocycles. The van der Waals surface area contributed by atoms with Crippen molar-refractivity contribution in [3.05, 3.63) is 6.92 Å². The Hall–Kier alpha value is -0.730. The lowest BCUT2D eigenvalue weighted by Gasteiger charge is -1.97. The van der Waals surface area contributed by atoms with Crippen LogP contribution in [-0.4, -0.2) is 12.3 Å². The second kappa shape index (κ2) is 2.44. The van der Waals surface area contributed by atoms with Gasteiger partial charge in [0.05, 0.1) is 0 Å². The smallest absolute Gasteiger partial charge is 0.429 e. The fourth-order valence-electron chi connectivity index (χ4n) is 0.164. The van der Waals surface area contributed by atoms with Crippen LogP contribution in [0.15, 0.2) is 0 Å². The van der Waals surface area contributed by atoms with Crippen LogP contribution >= 0.6 is 0 Å². The second-order valence-electron chi connectivity index (χ2n) is 1.18. The van der Waals surface area contributed by atoms with Gasteiger partial charge in [0.15, 0.2) is 0 Å². The molecule has 40 valence electrons. The van der Waals surface area contributed by atoms with Crippen LogP contribution in [0.3, 0.4) is 0 Å². The van der Waals surface area contributed by atoms with Gasteiger partial charge in [-0.25, -0.2) is 0 Å². The third-order valence-electron chi connectivity index (χ3n) is 0.297. The Morgan fingerprint density at radius 2 is 2.29 bits per heavy atom. The number of carbonyl (C=O) groups is 1. The number of ether oxygens (including phenoxy) is 1. The summed E-state index contributed by atoms with van der Waals surface area (Å²) >= 11 is 0. The van der Waals surface area contributed by atoms with Crippen molar-refractivity contribution in [1.82, 2.24) is 0 Å². The van der Waals surface area contributed by atoms with E-state index in [-0.39, 0.29) is 0 Å². The Kier molecular flexibility index (Phi) is 2.19. The van der Waals surface area contributed by atoms with Crippen molar-refractivity contribution in [1.29, 1.82) is 0 Å². The van der Waals surface area contributed by atoms with Crippen LogP contribution in [0, 0.1) is 6.92 Å². The zero-order chi connectivity index (χ0) is 5.86. The molecule has 0 fully saturated rings. The number of hydrogen-bond acceptors (Lipinski definition) is 2. The summed E-state index contributed by atoms with van der Waals surface area (Å²) in [5.74, 6) is 0. The predicted molar refractivity (Wildman–Crippen MR) is 22.0 cm³/mol. The van der Waals surface area contributed by atoms with Crippen molar-refractivity contribution < 1.29 is 14.6 Å². The van der Waals surface area contributed by atoms with Gasteiger partial charge in [0.25, 0.3) is 0 Å². The Morgan fingerprint density at radius 3 is 2.29 bits per heavy atom. The summed E-state index contributed by atoms with van der Waals surface area (Å²) in [4.78, 5) is 9.44. The molecule has 2 radical (unpaired) electrons. The minimum atomic E-state index is -1.53. The van der Waals surface area contributed by atoms with Crippen molar-refractivity contribution >= 4 is 6.16 Å². The van der Waals surface area contributed by atoms with E-state index >= 15 is 0 Å². The first-order chi connectivity index (χ1) is 3.13. The van der Waals surface area contributed by atoms with E-state index in [0.29, 0.717) is 0 Å². The SMILES string of the molecule is [CH2]C(C)OC([O])=O. The van der Waals surface area contributed by atoms with E-state index in [1.807, 2.05) is 0 Å². The minimum absolute atomic E-state index is 0.537. The summed E-state index contributed by atoms with van der Waals surface area (Å²) < 4.78 is 3.94. The quantitative estimate of drug-likeness (QED) is 0.459. The third kappa shape index (κ3) is 5.27. The molecule has 1 unspecified atom stereocenters. The maximum absolute atomic E-state index is 9.44. The van der Waals surface area contributed by atoms with E-state index in [9.17, 15) is 9.90 Å². The molecule has 0 aliphatic rings. The summed E-state index contributed by atoms with van der Waals surface area (Å²) in [6.07, 6.45) is -2.06. The fraction of sp³-hybridized carbons (Fsp3) is 0.500. The van der Waals surface area contributed by atoms with Gasteiger partial charge in [-0.05, 0) is 13.8 Å². The van der Waals surface area contributed by atoms with E-state index in [1.165, 1.54) is 6.92 Å². The zero-order valence-corrected chi connectivity index (χ0v) is 4.01. The van der Waals surface area contributed by atoms with E-state index in [2.05, 4.69) is 11.7 Å². The lowest BCUT2D eigenvalue weighted by molar-refractivity contribution is 0.0522. The largest absolute Gasteiger partial charge is 0.550 e. The summed E-state index contributed by atoms with van der Waals surface area (Å²) in [6.45, 7) is 4.75. The highest BCUT2D eigenvalue weighted by Gasteiger charge is 2.00. The van der Waals surface area contributed by atoms with E-state index in [1.54, 1.807) is 0 Å². The molecular formula is C4H6O3. The van der Waals surface area contributed by atoms with Gasteiger partial charge in [-0.15, -0.1) is 0 Å². The van der Waals surface area contributed by atoms with Crippen molar-refractivity contribution in [3.8, 4) is 0 Å². The highest BCUT2D eigenvalue weighted by Crippen LogP contribution is 1.85. The first-order valence-corrected chi connectivity index (χ1v) is 1.83. The molecule has 0 aromatic carbocycles. The second-order valence-corrected chi connectivity index (χ2v) is 1.18. The van der Waals surface area contributed by atoms with Crippen LogP contribution in [0.5, 0.6) is 0 Å². The molecule has 7 heavy (non-hydrogen) atoms. The summed E-state index contributed by atoms with van der Waals surface area (Å²) in [7, 11) is 0. The lowest BCUT2D eigenvalue weighted by Crippen LogP contribution is -2.06. The number of rotatable bonds is 1. The molecule has 3 heteroatoms. The zero-order valence-electron chi connectivity index (χ0n) is 4.01. The molecule has 0 aliphatic heterocycles. The van der Waals surface area contributed by atoms with Gasteiger partial charge in [-0.1, -0.05) is 0 Å². The maximum Gasteiger partial charge on any atom is 0.550 e. The average molecular weight is 102 g/mol. The molecule has 0 saturated carbocycles. The summed E-state index contributed by atoms with van der Waals surface area (Å²) in [5, 5.41) is 9.44. The van der Waals surface area contributed by atoms with Crippen molar-refractivity contribution in [3.63, 3.8) is 0 Å². The molecule has 0 spiro atoms. The van der Waals surface area contributed by atoms with Gasteiger partial charge in [0.1, 0.15) is 6.10 Å². The first kappa shape index (κ1) is 6.27. The Bertz CT molecular complexity index is 67.3. The molecule has 0 amide bonds. The monoisotopic (exact) mass is 102 g/mol. The Labute approximate surface area is 41.9 Å². The van der Waals surface area contributed by atoms with Gasteiger partial charge >= 0.3 is 6.16 Å². The van der Waals surface area contributed by atoms with Gasteiger partial charge < -0.3 is 4.74 Å².